The summed E-state index contributed by atoms with van der Waals surface area (Å²) in [6.45, 7) is 0.117. The number of sulfonamides is 1. The summed E-state index contributed by atoms with van der Waals surface area (Å²) in [4.78, 5) is 0.159. The van der Waals surface area contributed by atoms with E-state index in [4.69, 9.17) is 15.2 Å². The van der Waals surface area contributed by atoms with E-state index in [1.54, 1.807) is 24.3 Å². The fourth-order valence-electron chi connectivity index (χ4n) is 1.98. The van der Waals surface area contributed by atoms with Gasteiger partial charge in [-0.25, -0.2) is 13.1 Å². The molecule has 0 aliphatic carbocycles. The third-order valence-electron chi connectivity index (χ3n) is 3.15. The summed E-state index contributed by atoms with van der Waals surface area (Å²) >= 11 is 3.38. The molecule has 0 saturated carbocycles. The van der Waals surface area contributed by atoms with E-state index in [-0.39, 0.29) is 11.4 Å². The number of methoxy groups -OCH3 is 2. The van der Waals surface area contributed by atoms with Crippen molar-refractivity contribution < 1.29 is 17.9 Å². The minimum absolute atomic E-state index is 0.117. The summed E-state index contributed by atoms with van der Waals surface area (Å²) < 4.78 is 38.2. The monoisotopic (exact) mass is 400 g/mol. The third-order valence-corrected chi connectivity index (χ3v) is 5.16. The second-order valence-electron chi connectivity index (χ2n) is 4.71. The molecule has 0 heterocycles. The number of halogens is 1. The van der Waals surface area contributed by atoms with E-state index >= 15 is 0 Å². The topological polar surface area (TPSA) is 90.7 Å². The molecule has 0 aliphatic heterocycles. The van der Waals surface area contributed by atoms with Gasteiger partial charge in [-0.15, -0.1) is 0 Å². The van der Waals surface area contributed by atoms with Gasteiger partial charge in [0, 0.05) is 12.2 Å². The summed E-state index contributed by atoms with van der Waals surface area (Å²) in [7, 11) is -0.562. The van der Waals surface area contributed by atoms with Crippen LogP contribution in [0.5, 0.6) is 11.5 Å². The molecule has 0 bridgehead atoms. The van der Waals surface area contributed by atoms with Crippen molar-refractivity contribution in [2.45, 2.75) is 11.4 Å². The van der Waals surface area contributed by atoms with Gasteiger partial charge in [0.15, 0.2) is 11.5 Å². The van der Waals surface area contributed by atoms with Gasteiger partial charge < -0.3 is 15.2 Å². The third kappa shape index (κ3) is 4.15. The lowest BCUT2D eigenvalue weighted by molar-refractivity contribution is 0.352. The normalized spacial score (nSPS) is 11.3. The first-order valence-electron chi connectivity index (χ1n) is 6.63. The molecular weight excluding hydrogens is 384 g/mol. The molecule has 0 unspecified atom stereocenters. The lowest BCUT2D eigenvalue weighted by Gasteiger charge is -2.13. The van der Waals surface area contributed by atoms with Crippen molar-refractivity contribution in [3.8, 4) is 11.5 Å². The molecule has 6 nitrogen and oxygen atoms in total. The van der Waals surface area contributed by atoms with Gasteiger partial charge in [0.05, 0.1) is 23.6 Å². The summed E-state index contributed by atoms with van der Waals surface area (Å²) in [5.74, 6) is 1.07. The van der Waals surface area contributed by atoms with E-state index in [2.05, 4.69) is 20.7 Å². The zero-order valence-electron chi connectivity index (χ0n) is 12.7. The Hall–Kier alpha value is -1.77. The number of ether oxygens (including phenoxy) is 2. The van der Waals surface area contributed by atoms with Crippen molar-refractivity contribution in [3.05, 3.63) is 46.4 Å². The molecule has 0 aliphatic rings. The van der Waals surface area contributed by atoms with Crippen LogP contribution in [0.25, 0.3) is 0 Å². The Morgan fingerprint density at radius 3 is 2.35 bits per heavy atom. The maximum Gasteiger partial charge on any atom is 0.240 e. The van der Waals surface area contributed by atoms with Crippen molar-refractivity contribution in [3.63, 3.8) is 0 Å². The Morgan fingerprint density at radius 1 is 1.13 bits per heavy atom. The van der Waals surface area contributed by atoms with E-state index in [1.165, 1.54) is 26.4 Å². The lowest BCUT2D eigenvalue weighted by atomic mass is 10.2. The molecule has 0 atom stereocenters. The average Bonchev–Trinajstić information content (AvgIpc) is 2.52. The van der Waals surface area contributed by atoms with Crippen LogP contribution in [-0.4, -0.2) is 22.6 Å². The molecule has 3 N–H and O–H groups in total. The Morgan fingerprint density at radius 2 is 1.78 bits per heavy atom. The van der Waals surface area contributed by atoms with Gasteiger partial charge >= 0.3 is 0 Å². The lowest BCUT2D eigenvalue weighted by Crippen LogP contribution is -2.23. The molecule has 0 amide bonds. The number of rotatable bonds is 6. The summed E-state index contributed by atoms with van der Waals surface area (Å²) in [5.41, 5.74) is 6.80. The quantitative estimate of drug-likeness (QED) is 0.726. The molecule has 0 fully saturated rings. The van der Waals surface area contributed by atoms with Crippen molar-refractivity contribution in [1.82, 2.24) is 4.72 Å². The number of anilines is 1. The molecule has 0 aromatic heterocycles. The van der Waals surface area contributed by atoms with Gasteiger partial charge in [0.25, 0.3) is 0 Å². The molecule has 0 radical (unpaired) electrons. The highest BCUT2D eigenvalue weighted by molar-refractivity contribution is 9.10. The number of nitrogens with one attached hydrogen (secondary N) is 1. The van der Waals surface area contributed by atoms with Crippen LogP contribution in [0.1, 0.15) is 5.56 Å². The van der Waals surface area contributed by atoms with Crippen LogP contribution in [0.3, 0.4) is 0 Å². The van der Waals surface area contributed by atoms with Crippen LogP contribution < -0.4 is 19.9 Å². The Labute approximate surface area is 143 Å². The number of benzene rings is 2. The van der Waals surface area contributed by atoms with E-state index in [9.17, 15) is 8.42 Å². The Bertz CT molecular complexity index is 792. The van der Waals surface area contributed by atoms with Crippen LogP contribution in [0, 0.1) is 0 Å². The predicted octanol–water partition coefficient (Wildman–Crippen LogP) is 2.53. The Kier molecular flexibility index (Phi) is 5.51. The highest BCUT2D eigenvalue weighted by Gasteiger charge is 2.15. The molecular formula is C15H17BrN2O4S. The van der Waals surface area contributed by atoms with Crippen LogP contribution in [0.15, 0.2) is 45.8 Å². The van der Waals surface area contributed by atoms with Gasteiger partial charge in [-0.3, -0.25) is 0 Å². The van der Waals surface area contributed by atoms with Gasteiger partial charge in [0.2, 0.25) is 10.0 Å². The minimum atomic E-state index is -3.62. The number of nitrogens with two attached hydrogens (primary N) is 1. The fraction of sp³-hybridized carbons (Fsp3) is 0.200. The number of hydrogen-bond donors (Lipinski definition) is 2. The molecule has 124 valence electrons. The van der Waals surface area contributed by atoms with Gasteiger partial charge in [0.1, 0.15) is 0 Å². The number of nitrogen functional groups attached to an aromatic ring is 1. The van der Waals surface area contributed by atoms with E-state index in [0.29, 0.717) is 21.7 Å². The van der Waals surface area contributed by atoms with E-state index in [1.807, 2.05) is 0 Å². The standard InChI is InChI=1S/C15H17BrN2O4S/c1-21-14-8-10(7-13(16)15(14)22-2)9-18-23(19,20)12-5-3-11(17)4-6-12/h3-8,18H,9,17H2,1-2H3. The van der Waals surface area contributed by atoms with Crippen molar-refractivity contribution in [2.75, 3.05) is 20.0 Å². The highest BCUT2D eigenvalue weighted by Crippen LogP contribution is 2.36. The van der Waals surface area contributed by atoms with Crippen LogP contribution in [0.2, 0.25) is 0 Å². The van der Waals surface area contributed by atoms with Gasteiger partial charge in [-0.1, -0.05) is 0 Å². The average molecular weight is 401 g/mol. The van der Waals surface area contributed by atoms with Crippen molar-refractivity contribution in [2.24, 2.45) is 0 Å². The van der Waals surface area contributed by atoms with Crippen LogP contribution >= 0.6 is 15.9 Å². The molecule has 2 aromatic rings. The first kappa shape index (κ1) is 17.6. The largest absolute Gasteiger partial charge is 0.493 e. The first-order chi connectivity index (χ1) is 10.9. The molecule has 2 rings (SSSR count). The second-order valence-corrected chi connectivity index (χ2v) is 7.33. The maximum absolute atomic E-state index is 12.3. The summed E-state index contributed by atoms with van der Waals surface area (Å²) in [5, 5.41) is 0. The van der Waals surface area contributed by atoms with Crippen molar-refractivity contribution >= 4 is 31.6 Å². The number of hydrogen-bond acceptors (Lipinski definition) is 5. The molecule has 23 heavy (non-hydrogen) atoms. The fourth-order valence-corrected chi connectivity index (χ4v) is 3.65. The predicted molar refractivity (Wildman–Crippen MR) is 92.1 cm³/mol. The van der Waals surface area contributed by atoms with Gasteiger partial charge in [-0.2, -0.15) is 0 Å². The molecule has 0 saturated heterocycles. The van der Waals surface area contributed by atoms with Crippen LogP contribution in [-0.2, 0) is 16.6 Å². The van der Waals surface area contributed by atoms with Crippen molar-refractivity contribution in [1.29, 1.82) is 0 Å². The molecule has 0 spiro atoms. The summed E-state index contributed by atoms with van der Waals surface area (Å²) in [6.07, 6.45) is 0. The van der Waals surface area contributed by atoms with Gasteiger partial charge in [-0.05, 0) is 57.9 Å². The van der Waals surface area contributed by atoms with Crippen LogP contribution in [0.4, 0.5) is 5.69 Å². The molecule has 8 heteroatoms. The zero-order valence-corrected chi connectivity index (χ0v) is 15.1. The SMILES string of the molecule is COc1cc(CNS(=O)(=O)c2ccc(N)cc2)cc(Br)c1OC. The second kappa shape index (κ2) is 7.20. The van der Waals surface area contributed by atoms with E-state index in [0.717, 1.165) is 5.56 Å². The summed E-state index contributed by atoms with van der Waals surface area (Å²) in [6, 6.07) is 9.50. The zero-order chi connectivity index (χ0) is 17.0. The van der Waals surface area contributed by atoms with E-state index < -0.39 is 10.0 Å². The smallest absolute Gasteiger partial charge is 0.240 e. The Balaban J connectivity index is 2.20. The minimum Gasteiger partial charge on any atom is -0.493 e. The molecule has 2 aromatic carbocycles. The highest BCUT2D eigenvalue weighted by atomic mass is 79.9. The first-order valence-corrected chi connectivity index (χ1v) is 8.90. The maximum atomic E-state index is 12.3.